The van der Waals surface area contributed by atoms with Crippen molar-refractivity contribution in [2.45, 2.75) is 87.1 Å². The van der Waals surface area contributed by atoms with Crippen molar-refractivity contribution in [2.75, 3.05) is 6.61 Å². The van der Waals surface area contributed by atoms with E-state index in [-0.39, 0.29) is 17.1 Å². The van der Waals surface area contributed by atoms with E-state index >= 15 is 0 Å². The Labute approximate surface area is 238 Å². The van der Waals surface area contributed by atoms with E-state index in [1.54, 1.807) is 11.8 Å². The molecule has 0 bridgehead atoms. The molecule has 39 heavy (non-hydrogen) atoms. The first-order valence-electron chi connectivity index (χ1n) is 13.7. The molecule has 2 saturated heterocycles. The average molecular weight is 565 g/mol. The topological polar surface area (TPSA) is 57.2 Å². The van der Waals surface area contributed by atoms with E-state index in [0.717, 1.165) is 4.90 Å². The van der Waals surface area contributed by atoms with Crippen LogP contribution in [0.4, 0.5) is 0 Å². The largest absolute Gasteiger partial charge is 0.405 e. The molecular formula is C32H40O5SSi. The molecule has 3 aromatic carbocycles. The Balaban J connectivity index is 1.47. The van der Waals surface area contributed by atoms with E-state index in [1.807, 2.05) is 26.0 Å². The first-order chi connectivity index (χ1) is 18.5. The molecule has 0 saturated carbocycles. The predicted octanol–water partition coefficient (Wildman–Crippen LogP) is 5.27. The number of fused-ring (bicyclic) bond motifs is 1. The van der Waals surface area contributed by atoms with E-state index in [4.69, 9.17) is 18.6 Å². The SMILES string of the molecule is Cc1ccc(S[C@H]2O[C@H](CO[Si](c3ccccc3)(c3ccccc3)C(C)(C)C)[C@@H](O)[C@@H]3OC(C)(C)O[C@@H]32)cc1. The fraction of sp³-hybridized carbons (Fsp3) is 0.438. The highest BCUT2D eigenvalue weighted by Crippen LogP contribution is 2.44. The minimum Gasteiger partial charge on any atom is -0.405 e. The van der Waals surface area contributed by atoms with Crippen LogP contribution in [-0.4, -0.2) is 55.7 Å². The molecule has 7 heteroatoms. The lowest BCUT2D eigenvalue weighted by molar-refractivity contribution is -0.172. The van der Waals surface area contributed by atoms with Crippen LogP contribution in [0.2, 0.25) is 5.04 Å². The maximum Gasteiger partial charge on any atom is 0.261 e. The van der Waals surface area contributed by atoms with E-state index in [0.29, 0.717) is 0 Å². The number of ether oxygens (including phenoxy) is 3. The Bertz CT molecular complexity index is 1190. The van der Waals surface area contributed by atoms with Crippen LogP contribution in [0, 0.1) is 6.92 Å². The molecule has 5 rings (SSSR count). The molecule has 2 aliphatic rings. The van der Waals surface area contributed by atoms with Crippen molar-refractivity contribution in [3.05, 3.63) is 90.5 Å². The average Bonchev–Trinajstić information content (AvgIpc) is 3.24. The van der Waals surface area contributed by atoms with Gasteiger partial charge in [0.05, 0.1) is 6.61 Å². The number of thioether (sulfide) groups is 1. The van der Waals surface area contributed by atoms with E-state index in [2.05, 4.69) is 100 Å². The summed E-state index contributed by atoms with van der Waals surface area (Å²) in [6, 6.07) is 29.4. The van der Waals surface area contributed by atoms with Gasteiger partial charge in [0.2, 0.25) is 0 Å². The quantitative estimate of drug-likeness (QED) is 0.395. The standard InChI is InChI=1S/C32H40O5SSi/c1-22-17-19-23(20-18-22)38-30-29-28(36-32(5,6)37-29)27(33)26(35-30)21-34-39(31(2,3)4,24-13-9-7-10-14-24)25-15-11-8-12-16-25/h7-20,26-30,33H,21H2,1-6H3/t26-,27-,28+,29+,30-/m1/s1. The summed E-state index contributed by atoms with van der Waals surface area (Å²) in [5.41, 5.74) is 0.853. The van der Waals surface area contributed by atoms with Gasteiger partial charge in [0.25, 0.3) is 8.32 Å². The summed E-state index contributed by atoms with van der Waals surface area (Å²) < 4.78 is 26.3. The smallest absolute Gasteiger partial charge is 0.261 e. The van der Waals surface area contributed by atoms with Crippen LogP contribution in [0.1, 0.15) is 40.2 Å². The van der Waals surface area contributed by atoms with Crippen molar-refractivity contribution in [1.29, 1.82) is 0 Å². The summed E-state index contributed by atoms with van der Waals surface area (Å²) in [5.74, 6) is -0.806. The van der Waals surface area contributed by atoms with Crippen LogP contribution in [0.5, 0.6) is 0 Å². The first-order valence-corrected chi connectivity index (χ1v) is 16.5. The van der Waals surface area contributed by atoms with Crippen molar-refractivity contribution in [3.63, 3.8) is 0 Å². The molecular weight excluding hydrogens is 525 g/mol. The van der Waals surface area contributed by atoms with Crippen LogP contribution in [-0.2, 0) is 18.6 Å². The zero-order chi connectivity index (χ0) is 27.8. The molecule has 5 atom stereocenters. The fourth-order valence-electron chi connectivity index (χ4n) is 5.79. The number of benzene rings is 3. The van der Waals surface area contributed by atoms with Gasteiger partial charge in [0.15, 0.2) is 5.79 Å². The first kappa shape index (κ1) is 28.6. The second kappa shape index (κ2) is 11.1. The van der Waals surface area contributed by atoms with Crippen LogP contribution >= 0.6 is 11.8 Å². The molecule has 208 valence electrons. The van der Waals surface area contributed by atoms with Crippen molar-refractivity contribution in [3.8, 4) is 0 Å². The normalized spacial score (nSPS) is 26.8. The predicted molar refractivity (Wildman–Crippen MR) is 159 cm³/mol. The van der Waals surface area contributed by atoms with Crippen LogP contribution in [0.25, 0.3) is 0 Å². The summed E-state index contributed by atoms with van der Waals surface area (Å²) >= 11 is 1.61. The molecule has 2 fully saturated rings. The summed E-state index contributed by atoms with van der Waals surface area (Å²) in [4.78, 5) is 1.08. The Morgan fingerprint density at radius 2 is 1.38 bits per heavy atom. The molecule has 0 unspecified atom stereocenters. The van der Waals surface area contributed by atoms with Crippen LogP contribution in [0.3, 0.4) is 0 Å². The monoisotopic (exact) mass is 564 g/mol. The molecule has 0 aliphatic carbocycles. The van der Waals surface area contributed by atoms with E-state index in [1.165, 1.54) is 15.9 Å². The third kappa shape index (κ3) is 5.77. The van der Waals surface area contributed by atoms with Crippen LogP contribution < -0.4 is 10.4 Å². The third-order valence-corrected chi connectivity index (χ3v) is 13.8. The molecule has 0 radical (unpaired) electrons. The molecule has 0 spiro atoms. The number of aliphatic hydroxyl groups is 1. The molecule has 2 heterocycles. The Morgan fingerprint density at radius 3 is 1.92 bits per heavy atom. The van der Waals surface area contributed by atoms with Gasteiger partial charge in [-0.05, 0) is 48.3 Å². The van der Waals surface area contributed by atoms with Gasteiger partial charge in [-0.15, -0.1) is 0 Å². The molecule has 5 nitrogen and oxygen atoms in total. The second-order valence-corrected chi connectivity index (χ2v) is 17.5. The van der Waals surface area contributed by atoms with Gasteiger partial charge in [0, 0.05) is 4.90 Å². The Kier molecular flexibility index (Phi) is 8.15. The van der Waals surface area contributed by atoms with Gasteiger partial charge in [-0.3, -0.25) is 0 Å². The summed E-state index contributed by atoms with van der Waals surface area (Å²) in [6.45, 7) is 12.8. The molecule has 1 N–H and O–H groups in total. The summed E-state index contributed by atoms with van der Waals surface area (Å²) in [7, 11) is -2.80. The highest BCUT2D eigenvalue weighted by molar-refractivity contribution is 7.99. The van der Waals surface area contributed by atoms with Gasteiger partial charge in [-0.1, -0.05) is 111 Å². The third-order valence-electron chi connectivity index (χ3n) is 7.61. The van der Waals surface area contributed by atoms with Gasteiger partial charge in [0.1, 0.15) is 29.9 Å². The Morgan fingerprint density at radius 1 is 0.846 bits per heavy atom. The lowest BCUT2D eigenvalue weighted by Gasteiger charge is -2.45. The van der Waals surface area contributed by atoms with Crippen molar-refractivity contribution in [1.82, 2.24) is 0 Å². The minimum atomic E-state index is -2.80. The zero-order valence-electron chi connectivity index (χ0n) is 23.7. The number of hydrogen-bond acceptors (Lipinski definition) is 6. The lowest BCUT2D eigenvalue weighted by atomic mass is 10.0. The summed E-state index contributed by atoms with van der Waals surface area (Å²) in [5, 5.41) is 13.7. The van der Waals surface area contributed by atoms with E-state index < -0.39 is 38.5 Å². The number of rotatable bonds is 7. The second-order valence-electron chi connectivity index (χ2n) is 12.0. The zero-order valence-corrected chi connectivity index (χ0v) is 25.5. The van der Waals surface area contributed by atoms with Gasteiger partial charge in [-0.25, -0.2) is 0 Å². The summed E-state index contributed by atoms with van der Waals surface area (Å²) in [6.07, 6.45) is -2.37. The maximum atomic E-state index is 11.5. The van der Waals surface area contributed by atoms with Gasteiger partial charge < -0.3 is 23.7 Å². The Hall–Kier alpha value is -1.97. The van der Waals surface area contributed by atoms with Crippen LogP contribution in [0.15, 0.2) is 89.8 Å². The highest BCUT2D eigenvalue weighted by atomic mass is 32.2. The van der Waals surface area contributed by atoms with Gasteiger partial charge in [-0.2, -0.15) is 0 Å². The molecule has 0 amide bonds. The molecule has 2 aliphatic heterocycles. The molecule has 0 aromatic heterocycles. The van der Waals surface area contributed by atoms with Crippen molar-refractivity contribution < 1.29 is 23.7 Å². The van der Waals surface area contributed by atoms with Crippen molar-refractivity contribution in [2.24, 2.45) is 0 Å². The van der Waals surface area contributed by atoms with E-state index in [9.17, 15) is 5.11 Å². The lowest BCUT2D eigenvalue weighted by Crippen LogP contribution is -2.68. The van der Waals surface area contributed by atoms with Gasteiger partial charge >= 0.3 is 0 Å². The number of aryl methyl sites for hydroxylation is 1. The number of aliphatic hydroxyl groups excluding tert-OH is 1. The minimum absolute atomic E-state index is 0.178. The maximum absolute atomic E-state index is 11.5. The number of hydrogen-bond donors (Lipinski definition) is 1. The fourth-order valence-corrected chi connectivity index (χ4v) is 11.5. The highest BCUT2D eigenvalue weighted by Gasteiger charge is 2.56. The molecule has 3 aromatic rings. The van der Waals surface area contributed by atoms with Crippen molar-refractivity contribution >= 4 is 30.5 Å².